The Labute approximate surface area is 169 Å². The minimum atomic E-state index is -0.118. The van der Waals surface area contributed by atoms with E-state index in [9.17, 15) is 9.59 Å². The molecule has 0 spiro atoms. The number of nitrogens with zero attached hydrogens (tertiary/aromatic N) is 3. The summed E-state index contributed by atoms with van der Waals surface area (Å²) >= 11 is 1.38. The minimum absolute atomic E-state index is 0.00348. The number of carbonyl (C=O) groups is 2. The van der Waals surface area contributed by atoms with Gasteiger partial charge in [0.2, 0.25) is 5.91 Å². The lowest BCUT2D eigenvalue weighted by Gasteiger charge is -2.21. The van der Waals surface area contributed by atoms with E-state index in [0.29, 0.717) is 23.7 Å². The second-order valence-electron chi connectivity index (χ2n) is 7.05. The van der Waals surface area contributed by atoms with Gasteiger partial charge in [0.1, 0.15) is 5.82 Å². The fourth-order valence-corrected chi connectivity index (χ4v) is 4.24. The highest BCUT2D eigenvalue weighted by Crippen LogP contribution is 2.33. The fourth-order valence-electron chi connectivity index (χ4n) is 3.49. The number of amides is 1. The molecule has 0 unspecified atom stereocenters. The van der Waals surface area contributed by atoms with Crippen LogP contribution in [0, 0.1) is 0 Å². The smallest absolute Gasteiger partial charge is 0.234 e. The molecule has 1 saturated carbocycles. The molecule has 1 heterocycles. The molecule has 1 aromatic heterocycles. The van der Waals surface area contributed by atoms with Crippen molar-refractivity contribution < 1.29 is 9.59 Å². The van der Waals surface area contributed by atoms with Gasteiger partial charge in [-0.15, -0.1) is 16.8 Å². The van der Waals surface area contributed by atoms with Crippen LogP contribution >= 0.6 is 11.8 Å². The van der Waals surface area contributed by atoms with Crippen molar-refractivity contribution in [2.75, 3.05) is 11.1 Å². The normalized spacial score (nSPS) is 14.6. The number of thioether (sulfide) groups is 1. The molecule has 7 heteroatoms. The number of benzene rings is 1. The molecule has 0 bridgehead atoms. The van der Waals surface area contributed by atoms with E-state index in [1.54, 1.807) is 24.3 Å². The van der Waals surface area contributed by atoms with Gasteiger partial charge in [0.25, 0.3) is 0 Å². The zero-order chi connectivity index (χ0) is 19.9. The lowest BCUT2D eigenvalue weighted by molar-refractivity contribution is -0.113. The van der Waals surface area contributed by atoms with Gasteiger partial charge in [0.15, 0.2) is 10.9 Å². The number of Topliss-reactive ketones (excluding diaryl/α,β-unsaturated/α-hetero) is 1. The van der Waals surface area contributed by atoms with Crippen molar-refractivity contribution in [1.82, 2.24) is 14.8 Å². The number of allylic oxidation sites excluding steroid dienone is 1. The Morgan fingerprint density at radius 2 is 1.93 bits per heavy atom. The van der Waals surface area contributed by atoms with Crippen LogP contribution in [-0.2, 0) is 11.3 Å². The van der Waals surface area contributed by atoms with Crippen LogP contribution in [-0.4, -0.2) is 32.2 Å². The molecule has 0 atom stereocenters. The highest BCUT2D eigenvalue weighted by Gasteiger charge is 2.23. The Balaban J connectivity index is 1.61. The van der Waals surface area contributed by atoms with E-state index < -0.39 is 0 Å². The van der Waals surface area contributed by atoms with Crippen LogP contribution in [0.2, 0.25) is 0 Å². The summed E-state index contributed by atoms with van der Waals surface area (Å²) < 4.78 is 2.09. The number of ketones is 1. The van der Waals surface area contributed by atoms with Crippen molar-refractivity contribution >= 4 is 29.1 Å². The largest absolute Gasteiger partial charge is 0.325 e. The molecule has 1 N–H and O–H groups in total. The van der Waals surface area contributed by atoms with Crippen molar-refractivity contribution in [3.63, 3.8) is 0 Å². The Morgan fingerprint density at radius 3 is 2.57 bits per heavy atom. The molecular formula is C21H26N4O2S. The lowest BCUT2D eigenvalue weighted by Crippen LogP contribution is -2.15. The van der Waals surface area contributed by atoms with Gasteiger partial charge >= 0.3 is 0 Å². The van der Waals surface area contributed by atoms with E-state index in [0.717, 1.165) is 23.8 Å². The number of hydrogen-bond acceptors (Lipinski definition) is 5. The molecule has 0 radical (unpaired) electrons. The molecule has 1 aliphatic rings. The Kier molecular flexibility index (Phi) is 7.03. The van der Waals surface area contributed by atoms with Crippen molar-refractivity contribution in [1.29, 1.82) is 0 Å². The molecule has 1 aromatic carbocycles. The first-order valence-corrected chi connectivity index (χ1v) is 10.6. The molecular weight excluding hydrogens is 372 g/mol. The number of aromatic nitrogens is 3. The van der Waals surface area contributed by atoms with E-state index in [-0.39, 0.29) is 17.4 Å². The van der Waals surface area contributed by atoms with Gasteiger partial charge in [-0.3, -0.25) is 9.59 Å². The molecule has 1 fully saturated rings. The van der Waals surface area contributed by atoms with Crippen molar-refractivity contribution in [3.05, 3.63) is 48.3 Å². The van der Waals surface area contributed by atoms with Crippen molar-refractivity contribution in [3.8, 4) is 0 Å². The van der Waals surface area contributed by atoms with E-state index in [1.807, 2.05) is 6.08 Å². The summed E-state index contributed by atoms with van der Waals surface area (Å²) in [6.45, 7) is 6.01. The number of hydrogen-bond donors (Lipinski definition) is 1. The van der Waals surface area contributed by atoms with Gasteiger partial charge in [0, 0.05) is 23.7 Å². The minimum Gasteiger partial charge on any atom is -0.325 e. The maximum absolute atomic E-state index is 12.3. The summed E-state index contributed by atoms with van der Waals surface area (Å²) in [5.74, 6) is 1.59. The van der Waals surface area contributed by atoms with Gasteiger partial charge < -0.3 is 9.88 Å². The average molecular weight is 399 g/mol. The topological polar surface area (TPSA) is 76.9 Å². The monoisotopic (exact) mass is 398 g/mol. The van der Waals surface area contributed by atoms with Crippen LogP contribution in [0.25, 0.3) is 0 Å². The second-order valence-corrected chi connectivity index (χ2v) is 7.99. The summed E-state index contributed by atoms with van der Waals surface area (Å²) in [4.78, 5) is 23.6. The predicted molar refractivity (Wildman–Crippen MR) is 112 cm³/mol. The van der Waals surface area contributed by atoms with E-state index >= 15 is 0 Å². The summed E-state index contributed by atoms with van der Waals surface area (Å²) in [5.41, 5.74) is 1.30. The maximum atomic E-state index is 12.3. The standard InChI is InChI=1S/C21H26N4O2S/c1-3-13-25-20(17-7-5-4-6-8-17)23-24-21(25)28-14-19(27)22-18-11-9-16(10-12-18)15(2)26/h3,9-12,17H,1,4-8,13-14H2,2H3,(H,22,27). The summed E-state index contributed by atoms with van der Waals surface area (Å²) in [6, 6.07) is 6.89. The van der Waals surface area contributed by atoms with Crippen LogP contribution in [0.1, 0.15) is 61.1 Å². The first kappa shape index (κ1) is 20.3. The molecule has 0 aliphatic heterocycles. The maximum Gasteiger partial charge on any atom is 0.234 e. The average Bonchev–Trinajstić information content (AvgIpc) is 3.10. The molecule has 0 saturated heterocycles. The summed E-state index contributed by atoms with van der Waals surface area (Å²) in [6.07, 6.45) is 7.91. The lowest BCUT2D eigenvalue weighted by atomic mass is 9.89. The molecule has 1 amide bonds. The molecule has 28 heavy (non-hydrogen) atoms. The Hall–Kier alpha value is -2.41. The highest BCUT2D eigenvalue weighted by molar-refractivity contribution is 7.99. The van der Waals surface area contributed by atoms with Crippen LogP contribution in [0.5, 0.6) is 0 Å². The van der Waals surface area contributed by atoms with Gasteiger partial charge in [-0.25, -0.2) is 0 Å². The Morgan fingerprint density at radius 1 is 1.21 bits per heavy atom. The van der Waals surface area contributed by atoms with Crippen LogP contribution < -0.4 is 5.32 Å². The number of rotatable bonds is 8. The molecule has 6 nitrogen and oxygen atoms in total. The second kappa shape index (κ2) is 9.68. The summed E-state index contributed by atoms with van der Waals surface area (Å²) in [7, 11) is 0. The van der Waals surface area contributed by atoms with E-state index in [1.165, 1.54) is 37.9 Å². The van der Waals surface area contributed by atoms with Gasteiger partial charge in [-0.2, -0.15) is 0 Å². The fraction of sp³-hybridized carbons (Fsp3) is 0.429. The molecule has 1 aliphatic carbocycles. The molecule has 2 aromatic rings. The summed E-state index contributed by atoms with van der Waals surface area (Å²) in [5, 5.41) is 12.4. The van der Waals surface area contributed by atoms with Crippen LogP contribution in [0.4, 0.5) is 5.69 Å². The third-order valence-electron chi connectivity index (χ3n) is 4.93. The van der Waals surface area contributed by atoms with Gasteiger partial charge in [-0.05, 0) is 44.0 Å². The van der Waals surface area contributed by atoms with Crippen molar-refractivity contribution in [2.24, 2.45) is 0 Å². The first-order valence-electron chi connectivity index (χ1n) is 9.66. The number of nitrogens with one attached hydrogen (secondary N) is 1. The number of carbonyl (C=O) groups excluding carboxylic acids is 2. The molecule has 3 rings (SSSR count). The predicted octanol–water partition coefficient (Wildman–Crippen LogP) is 4.45. The van der Waals surface area contributed by atoms with E-state index in [4.69, 9.17) is 0 Å². The zero-order valence-electron chi connectivity index (χ0n) is 16.2. The third-order valence-corrected chi connectivity index (χ3v) is 5.90. The van der Waals surface area contributed by atoms with Crippen LogP contribution in [0.3, 0.4) is 0 Å². The molecule has 148 valence electrons. The highest BCUT2D eigenvalue weighted by atomic mass is 32.2. The Bertz CT molecular complexity index is 839. The first-order chi connectivity index (χ1) is 13.6. The quantitative estimate of drug-likeness (QED) is 0.404. The van der Waals surface area contributed by atoms with Gasteiger partial charge in [-0.1, -0.05) is 37.1 Å². The van der Waals surface area contributed by atoms with Gasteiger partial charge in [0.05, 0.1) is 5.75 Å². The number of anilines is 1. The van der Waals surface area contributed by atoms with Crippen LogP contribution in [0.15, 0.2) is 42.1 Å². The van der Waals surface area contributed by atoms with Crippen molar-refractivity contribution in [2.45, 2.75) is 56.6 Å². The third kappa shape index (κ3) is 5.10. The van der Waals surface area contributed by atoms with E-state index in [2.05, 4.69) is 26.7 Å². The zero-order valence-corrected chi connectivity index (χ0v) is 17.0. The SMILES string of the molecule is C=CCn1c(SCC(=O)Nc2ccc(C(C)=O)cc2)nnc1C1CCCCC1.